The summed E-state index contributed by atoms with van der Waals surface area (Å²) in [6.45, 7) is 0. The molecule has 0 aromatic heterocycles. The first-order valence-electron chi connectivity index (χ1n) is 7.47. The summed E-state index contributed by atoms with van der Waals surface area (Å²) < 4.78 is 0. The Labute approximate surface area is 156 Å². The van der Waals surface area contributed by atoms with E-state index in [1.54, 1.807) is 0 Å². The number of hydrogen-bond acceptors (Lipinski definition) is 6. The average Bonchev–Trinajstić information content (AvgIpc) is 2.64. The van der Waals surface area contributed by atoms with Crippen molar-refractivity contribution in [3.63, 3.8) is 0 Å². The van der Waals surface area contributed by atoms with E-state index >= 15 is 0 Å². The number of carboxylic acid groups (broad SMARTS) is 4. The quantitative estimate of drug-likeness (QED) is 0.527. The van der Waals surface area contributed by atoms with Gasteiger partial charge in [-0.3, -0.25) is 9.98 Å². The van der Waals surface area contributed by atoms with Gasteiger partial charge in [-0.1, -0.05) is 0 Å². The van der Waals surface area contributed by atoms with E-state index in [4.69, 9.17) is 20.4 Å². The molecule has 0 saturated heterocycles. The number of aromatic carboxylic acids is 4. The number of carbonyl (C=O) groups is 4. The number of aliphatic imine (C=N–C) groups is 2. The fourth-order valence-electron chi connectivity index (χ4n) is 2.10. The predicted molar refractivity (Wildman–Crippen MR) is 97.0 cm³/mol. The van der Waals surface area contributed by atoms with Gasteiger partial charge in [0.25, 0.3) is 0 Å². The Morgan fingerprint density at radius 2 is 0.786 bits per heavy atom. The standard InChI is InChI=1S/C18H12N2O8/c21-15(22)9-3-10(16(23)24)6-13(5-9)19-1-2-20-14-7-11(17(25)26)4-12(8-14)18(27)28/h1-8H,(H,21,22)(H,23,24)(H,25,26)(H,27,28). The molecule has 0 aliphatic heterocycles. The summed E-state index contributed by atoms with van der Waals surface area (Å²) >= 11 is 0. The highest BCUT2D eigenvalue weighted by Crippen LogP contribution is 2.19. The number of nitrogens with zero attached hydrogens (tertiary/aromatic N) is 2. The van der Waals surface area contributed by atoms with Gasteiger partial charge in [0.2, 0.25) is 0 Å². The molecule has 28 heavy (non-hydrogen) atoms. The minimum atomic E-state index is -1.32. The monoisotopic (exact) mass is 384 g/mol. The maximum Gasteiger partial charge on any atom is 0.335 e. The second-order valence-corrected chi connectivity index (χ2v) is 5.31. The second-order valence-electron chi connectivity index (χ2n) is 5.31. The predicted octanol–water partition coefficient (Wildman–Crippen LogP) is 2.58. The van der Waals surface area contributed by atoms with Gasteiger partial charge in [-0.25, -0.2) is 19.2 Å². The Kier molecular flexibility index (Phi) is 5.96. The van der Waals surface area contributed by atoms with Gasteiger partial charge in [0.15, 0.2) is 0 Å². The zero-order valence-corrected chi connectivity index (χ0v) is 13.9. The average molecular weight is 384 g/mol. The molecule has 0 fully saturated rings. The van der Waals surface area contributed by atoms with Crippen molar-refractivity contribution in [1.29, 1.82) is 0 Å². The fraction of sp³-hybridized carbons (Fsp3) is 0. The first-order valence-corrected chi connectivity index (χ1v) is 7.47. The van der Waals surface area contributed by atoms with Gasteiger partial charge in [0.1, 0.15) is 0 Å². The maximum absolute atomic E-state index is 11.0. The molecule has 10 nitrogen and oxygen atoms in total. The van der Waals surface area contributed by atoms with E-state index in [0.29, 0.717) is 0 Å². The van der Waals surface area contributed by atoms with Crippen LogP contribution in [0.1, 0.15) is 41.4 Å². The van der Waals surface area contributed by atoms with E-state index in [9.17, 15) is 19.2 Å². The normalized spacial score (nSPS) is 11.0. The first kappa shape index (κ1) is 20.0. The van der Waals surface area contributed by atoms with E-state index in [-0.39, 0.29) is 33.6 Å². The molecule has 4 N–H and O–H groups in total. The highest BCUT2D eigenvalue weighted by Gasteiger charge is 2.12. The van der Waals surface area contributed by atoms with Crippen LogP contribution in [0.25, 0.3) is 0 Å². The summed E-state index contributed by atoms with van der Waals surface area (Å²) in [4.78, 5) is 52.0. The van der Waals surface area contributed by atoms with Crippen LogP contribution in [-0.2, 0) is 0 Å². The van der Waals surface area contributed by atoms with E-state index in [1.165, 1.54) is 0 Å². The third-order valence-corrected chi connectivity index (χ3v) is 3.34. The summed E-state index contributed by atoms with van der Waals surface area (Å²) in [6, 6.07) is 6.62. The highest BCUT2D eigenvalue weighted by atomic mass is 16.4. The van der Waals surface area contributed by atoms with Crippen LogP contribution in [0.15, 0.2) is 46.4 Å². The molecule has 0 radical (unpaired) electrons. The van der Waals surface area contributed by atoms with Gasteiger partial charge < -0.3 is 20.4 Å². The summed E-state index contributed by atoms with van der Waals surface area (Å²) in [7, 11) is 0. The zero-order valence-electron chi connectivity index (χ0n) is 13.9. The molecule has 0 aliphatic carbocycles. The number of carboxylic acids is 4. The van der Waals surface area contributed by atoms with Gasteiger partial charge >= 0.3 is 23.9 Å². The van der Waals surface area contributed by atoms with Crippen molar-refractivity contribution < 1.29 is 39.6 Å². The van der Waals surface area contributed by atoms with Gasteiger partial charge in [-0.05, 0) is 36.4 Å². The number of benzene rings is 2. The third-order valence-electron chi connectivity index (χ3n) is 3.34. The molecule has 10 heteroatoms. The molecule has 0 saturated carbocycles. The molecular weight excluding hydrogens is 372 g/mol. The number of rotatable bonds is 7. The van der Waals surface area contributed by atoms with Crippen LogP contribution in [0.2, 0.25) is 0 Å². The zero-order chi connectivity index (χ0) is 20.8. The van der Waals surface area contributed by atoms with E-state index in [2.05, 4.69) is 9.98 Å². The van der Waals surface area contributed by atoms with Crippen molar-refractivity contribution in [3.05, 3.63) is 58.7 Å². The molecule has 0 amide bonds. The molecule has 0 spiro atoms. The first-order chi connectivity index (χ1) is 13.2. The van der Waals surface area contributed by atoms with E-state index < -0.39 is 23.9 Å². The summed E-state index contributed by atoms with van der Waals surface area (Å²) in [5.41, 5.74) is -0.939. The highest BCUT2D eigenvalue weighted by molar-refractivity contribution is 6.17. The lowest BCUT2D eigenvalue weighted by Crippen LogP contribution is -2.02. The summed E-state index contributed by atoms with van der Waals surface area (Å²) in [5.74, 6) is -5.28. The van der Waals surface area contributed by atoms with Gasteiger partial charge in [0.05, 0.1) is 33.6 Å². The van der Waals surface area contributed by atoms with Crippen molar-refractivity contribution in [2.75, 3.05) is 0 Å². The van der Waals surface area contributed by atoms with Crippen molar-refractivity contribution in [2.45, 2.75) is 0 Å². The minimum Gasteiger partial charge on any atom is -0.478 e. The van der Waals surface area contributed by atoms with Crippen molar-refractivity contribution in [3.8, 4) is 0 Å². The molecule has 0 bridgehead atoms. The largest absolute Gasteiger partial charge is 0.478 e. The lowest BCUT2D eigenvalue weighted by atomic mass is 10.1. The molecule has 2 aromatic carbocycles. The molecule has 0 atom stereocenters. The molecule has 2 aromatic rings. The van der Waals surface area contributed by atoms with Crippen molar-refractivity contribution in [1.82, 2.24) is 0 Å². The van der Waals surface area contributed by atoms with Crippen LogP contribution in [-0.4, -0.2) is 56.7 Å². The van der Waals surface area contributed by atoms with Gasteiger partial charge in [-0.2, -0.15) is 0 Å². The van der Waals surface area contributed by atoms with Gasteiger partial charge in [0, 0.05) is 12.4 Å². The lowest BCUT2D eigenvalue weighted by Gasteiger charge is -2.01. The van der Waals surface area contributed by atoms with E-state index in [0.717, 1.165) is 48.8 Å². The summed E-state index contributed by atoms with van der Waals surface area (Å²) in [5, 5.41) is 36.0. The van der Waals surface area contributed by atoms with Crippen LogP contribution in [0.4, 0.5) is 11.4 Å². The van der Waals surface area contributed by atoms with Crippen LogP contribution < -0.4 is 0 Å². The van der Waals surface area contributed by atoms with Crippen LogP contribution >= 0.6 is 0 Å². The Balaban J connectivity index is 2.31. The minimum absolute atomic E-state index is 0.0502. The Morgan fingerprint density at radius 3 is 1.00 bits per heavy atom. The van der Waals surface area contributed by atoms with Gasteiger partial charge in [-0.15, -0.1) is 0 Å². The Bertz CT molecular complexity index is 892. The lowest BCUT2D eigenvalue weighted by molar-refractivity contribution is 0.0676. The second kappa shape index (κ2) is 8.36. The Morgan fingerprint density at radius 1 is 0.536 bits per heavy atom. The maximum atomic E-state index is 11.0. The fourth-order valence-corrected chi connectivity index (χ4v) is 2.10. The van der Waals surface area contributed by atoms with E-state index in [1.807, 2.05) is 0 Å². The van der Waals surface area contributed by atoms with Crippen molar-refractivity contribution in [2.24, 2.45) is 9.98 Å². The smallest absolute Gasteiger partial charge is 0.335 e. The van der Waals surface area contributed by atoms with Crippen LogP contribution in [0, 0.1) is 0 Å². The SMILES string of the molecule is O=C(O)c1cc(N=CC=Nc2cc(C(=O)O)cc(C(=O)O)c2)cc(C(=O)O)c1. The van der Waals surface area contributed by atoms with Crippen molar-refractivity contribution >= 4 is 47.7 Å². The topological polar surface area (TPSA) is 174 Å². The molecule has 2 rings (SSSR count). The Hall–Kier alpha value is -4.34. The van der Waals surface area contributed by atoms with Crippen LogP contribution in [0.5, 0.6) is 0 Å². The molecule has 142 valence electrons. The number of hydrogen-bond donors (Lipinski definition) is 4. The molecule has 0 aliphatic rings. The molecular formula is C18H12N2O8. The summed E-state index contributed by atoms with van der Waals surface area (Å²) in [6.07, 6.45) is 2.25. The third kappa shape index (κ3) is 5.08. The van der Waals surface area contributed by atoms with Crippen LogP contribution in [0.3, 0.4) is 0 Å². The molecule has 0 unspecified atom stereocenters. The molecule has 0 heterocycles.